The molecule has 1 saturated heterocycles. The van der Waals surface area contributed by atoms with Gasteiger partial charge in [-0.15, -0.1) is 0 Å². The Kier molecular flexibility index (Phi) is 2.76. The van der Waals surface area contributed by atoms with E-state index in [2.05, 4.69) is 0 Å². The van der Waals surface area contributed by atoms with Crippen molar-refractivity contribution in [3.05, 3.63) is 0 Å². The van der Waals surface area contributed by atoms with Gasteiger partial charge in [0.15, 0.2) is 0 Å². The molecule has 1 fully saturated rings. The van der Waals surface area contributed by atoms with Crippen molar-refractivity contribution in [3.8, 4) is 0 Å². The summed E-state index contributed by atoms with van der Waals surface area (Å²) in [7, 11) is 0. The van der Waals surface area contributed by atoms with Crippen molar-refractivity contribution < 1.29 is 14.6 Å². The number of aliphatic hydroxyl groups excluding tert-OH is 1. The molecule has 14 heavy (non-hydrogen) atoms. The molecule has 82 valence electrons. The topological polar surface area (TPSA) is 49.8 Å². The highest BCUT2D eigenvalue weighted by Crippen LogP contribution is 2.31. The zero-order valence-corrected chi connectivity index (χ0v) is 9.33. The molecule has 0 bridgehead atoms. The van der Waals surface area contributed by atoms with Crippen LogP contribution in [0.5, 0.6) is 0 Å². The molecule has 0 aliphatic carbocycles. The molecule has 1 rings (SSSR count). The lowest BCUT2D eigenvalue weighted by atomic mass is 9.88. The normalized spacial score (nSPS) is 27.1. The number of nitrogens with zero attached hydrogens (tertiary/aromatic N) is 1. The number of amides is 1. The fraction of sp³-hybridized carbons (Fsp3) is 0.900. The van der Waals surface area contributed by atoms with Gasteiger partial charge in [-0.3, -0.25) is 0 Å². The number of aliphatic hydroxyl groups is 1. The fourth-order valence-corrected chi connectivity index (χ4v) is 1.40. The molecule has 0 aromatic rings. The molecule has 0 aromatic heterocycles. The second-order valence-electron chi connectivity index (χ2n) is 5.04. The Morgan fingerprint density at radius 3 is 2.43 bits per heavy atom. The summed E-state index contributed by atoms with van der Waals surface area (Å²) in [6.07, 6.45) is 0.503. The Hall–Kier alpha value is -0.770. The quantitative estimate of drug-likeness (QED) is 0.697. The lowest BCUT2D eigenvalue weighted by Gasteiger charge is -2.49. The van der Waals surface area contributed by atoms with E-state index < -0.39 is 11.1 Å². The highest BCUT2D eigenvalue weighted by molar-refractivity contribution is 5.70. The smallest absolute Gasteiger partial charge is 0.410 e. The number of hydrogen-bond donors (Lipinski definition) is 1. The molecule has 1 heterocycles. The highest BCUT2D eigenvalue weighted by atomic mass is 16.6. The first-order valence-corrected chi connectivity index (χ1v) is 4.90. The van der Waals surface area contributed by atoms with Gasteiger partial charge in [0.25, 0.3) is 0 Å². The number of ether oxygens (including phenoxy) is 1. The molecule has 0 radical (unpaired) electrons. The molecule has 4 heteroatoms. The van der Waals surface area contributed by atoms with Gasteiger partial charge in [0, 0.05) is 6.54 Å². The van der Waals surface area contributed by atoms with E-state index in [1.165, 1.54) is 0 Å². The van der Waals surface area contributed by atoms with Gasteiger partial charge in [-0.2, -0.15) is 0 Å². The second-order valence-corrected chi connectivity index (χ2v) is 5.04. The van der Waals surface area contributed by atoms with E-state index in [-0.39, 0.29) is 12.7 Å². The van der Waals surface area contributed by atoms with Crippen LogP contribution in [0.2, 0.25) is 0 Å². The van der Waals surface area contributed by atoms with Crippen molar-refractivity contribution in [2.75, 3.05) is 13.2 Å². The SMILES string of the molecule is CC(C)(C)OC(=O)N1CC[C@]1(C)CO. The summed E-state index contributed by atoms with van der Waals surface area (Å²) in [5, 5.41) is 9.11. The number of carbonyl (C=O) groups is 1. The van der Waals surface area contributed by atoms with Gasteiger partial charge >= 0.3 is 6.09 Å². The van der Waals surface area contributed by atoms with E-state index in [9.17, 15) is 4.79 Å². The largest absolute Gasteiger partial charge is 0.444 e. The average Bonchev–Trinajstić information content (AvgIpc) is 1.97. The summed E-state index contributed by atoms with van der Waals surface area (Å²) in [6.45, 7) is 8.03. The summed E-state index contributed by atoms with van der Waals surface area (Å²) < 4.78 is 5.21. The minimum atomic E-state index is -0.469. The number of likely N-dealkylation sites (tertiary alicyclic amines) is 1. The van der Waals surface area contributed by atoms with Crippen molar-refractivity contribution in [1.82, 2.24) is 4.90 Å². The van der Waals surface area contributed by atoms with Gasteiger partial charge in [0.1, 0.15) is 5.60 Å². The van der Waals surface area contributed by atoms with Crippen molar-refractivity contribution in [3.63, 3.8) is 0 Å². The van der Waals surface area contributed by atoms with Gasteiger partial charge in [-0.05, 0) is 34.1 Å². The lowest BCUT2D eigenvalue weighted by Crippen LogP contribution is -2.63. The second kappa shape index (κ2) is 3.42. The van der Waals surface area contributed by atoms with Gasteiger partial charge < -0.3 is 14.7 Å². The van der Waals surface area contributed by atoms with Crippen LogP contribution < -0.4 is 0 Å². The zero-order chi connectivity index (χ0) is 11.0. The molecule has 0 aromatic carbocycles. The van der Waals surface area contributed by atoms with Gasteiger partial charge in [0.05, 0.1) is 12.1 Å². The highest BCUT2D eigenvalue weighted by Gasteiger charge is 2.44. The fourth-order valence-electron chi connectivity index (χ4n) is 1.40. The van der Waals surface area contributed by atoms with E-state index in [1.807, 2.05) is 27.7 Å². The van der Waals surface area contributed by atoms with Crippen LogP contribution >= 0.6 is 0 Å². The molecule has 1 amide bonds. The van der Waals surface area contributed by atoms with Crippen molar-refractivity contribution >= 4 is 6.09 Å². The summed E-state index contributed by atoms with van der Waals surface area (Å²) >= 11 is 0. The first-order chi connectivity index (χ1) is 6.28. The summed E-state index contributed by atoms with van der Waals surface area (Å²) in [6, 6.07) is 0. The van der Waals surface area contributed by atoms with Crippen LogP contribution in [0, 0.1) is 0 Å². The maximum Gasteiger partial charge on any atom is 0.410 e. The molecular formula is C10H19NO3. The van der Waals surface area contributed by atoms with Crippen LogP contribution in [0.3, 0.4) is 0 Å². The van der Waals surface area contributed by atoms with Crippen molar-refractivity contribution in [1.29, 1.82) is 0 Å². The predicted octanol–water partition coefficient (Wildman–Crippen LogP) is 1.38. The predicted molar refractivity (Wildman–Crippen MR) is 53.0 cm³/mol. The Morgan fingerprint density at radius 1 is 1.57 bits per heavy atom. The summed E-state index contributed by atoms with van der Waals surface area (Å²) in [4.78, 5) is 13.2. The van der Waals surface area contributed by atoms with E-state index >= 15 is 0 Å². The van der Waals surface area contributed by atoms with Gasteiger partial charge in [-0.1, -0.05) is 0 Å². The monoisotopic (exact) mass is 201 g/mol. The Bertz CT molecular complexity index is 230. The third-order valence-electron chi connectivity index (χ3n) is 2.48. The van der Waals surface area contributed by atoms with E-state index in [0.717, 1.165) is 6.42 Å². The van der Waals surface area contributed by atoms with Gasteiger partial charge in [-0.25, -0.2) is 4.79 Å². The molecule has 1 N–H and O–H groups in total. The molecule has 1 atom stereocenters. The minimum absolute atomic E-state index is 0.00770. The maximum atomic E-state index is 11.6. The van der Waals surface area contributed by atoms with E-state index in [0.29, 0.717) is 6.54 Å². The lowest BCUT2D eigenvalue weighted by molar-refractivity contribution is -0.0575. The third kappa shape index (κ3) is 2.18. The van der Waals surface area contributed by atoms with Crippen LogP contribution in [-0.2, 0) is 4.74 Å². The standard InChI is InChI=1S/C10H19NO3/c1-9(2,3)14-8(13)11-6-5-10(11,4)7-12/h12H,5-7H2,1-4H3/t10-/m1/s1. The Balaban J connectivity index is 2.55. The average molecular weight is 201 g/mol. The molecule has 0 spiro atoms. The van der Waals surface area contributed by atoms with Gasteiger partial charge in [0.2, 0.25) is 0 Å². The first-order valence-electron chi connectivity index (χ1n) is 4.90. The first kappa shape index (κ1) is 11.3. The summed E-state index contributed by atoms with van der Waals surface area (Å²) in [5.41, 5.74) is -0.884. The van der Waals surface area contributed by atoms with Crippen molar-refractivity contribution in [2.24, 2.45) is 0 Å². The molecule has 1 aliphatic rings. The molecule has 0 unspecified atom stereocenters. The van der Waals surface area contributed by atoms with Crippen LogP contribution in [-0.4, -0.2) is 40.4 Å². The van der Waals surface area contributed by atoms with Crippen LogP contribution in [0.4, 0.5) is 4.79 Å². The van der Waals surface area contributed by atoms with Crippen LogP contribution in [0.25, 0.3) is 0 Å². The van der Waals surface area contributed by atoms with Crippen LogP contribution in [0.1, 0.15) is 34.1 Å². The van der Waals surface area contributed by atoms with E-state index in [1.54, 1.807) is 4.90 Å². The molecule has 4 nitrogen and oxygen atoms in total. The molecule has 0 saturated carbocycles. The summed E-state index contributed by atoms with van der Waals surface area (Å²) in [5.74, 6) is 0. The number of hydrogen-bond acceptors (Lipinski definition) is 3. The zero-order valence-electron chi connectivity index (χ0n) is 9.33. The van der Waals surface area contributed by atoms with E-state index in [4.69, 9.17) is 9.84 Å². The molecule has 1 aliphatic heterocycles. The Morgan fingerprint density at radius 2 is 2.14 bits per heavy atom. The van der Waals surface area contributed by atoms with Crippen LogP contribution in [0.15, 0.2) is 0 Å². The number of carbonyl (C=O) groups excluding carboxylic acids is 1. The Labute approximate surface area is 84.8 Å². The third-order valence-corrected chi connectivity index (χ3v) is 2.48. The minimum Gasteiger partial charge on any atom is -0.444 e. The van der Waals surface area contributed by atoms with Crippen molar-refractivity contribution in [2.45, 2.75) is 45.3 Å². The number of rotatable bonds is 1. The molecular weight excluding hydrogens is 182 g/mol. The maximum absolute atomic E-state index is 11.6.